The van der Waals surface area contributed by atoms with Crippen LogP contribution in [0.25, 0.3) is 11.1 Å². The van der Waals surface area contributed by atoms with E-state index in [-0.39, 0.29) is 11.6 Å². The first-order chi connectivity index (χ1) is 11.6. The predicted molar refractivity (Wildman–Crippen MR) is 95.1 cm³/mol. The zero-order valence-corrected chi connectivity index (χ0v) is 14.0. The largest absolute Gasteiger partial charge is 0.318 e. The molecule has 2 heterocycles. The summed E-state index contributed by atoms with van der Waals surface area (Å²) in [5.41, 5.74) is 4.41. The quantitative estimate of drug-likeness (QED) is 0.735. The van der Waals surface area contributed by atoms with Crippen LogP contribution in [-0.4, -0.2) is 14.3 Å². The molecule has 0 amide bonds. The van der Waals surface area contributed by atoms with Crippen molar-refractivity contribution in [3.05, 3.63) is 76.5 Å². The molecule has 1 fully saturated rings. The fourth-order valence-electron chi connectivity index (χ4n) is 3.17. The van der Waals surface area contributed by atoms with Crippen molar-refractivity contribution in [2.75, 3.05) is 0 Å². The summed E-state index contributed by atoms with van der Waals surface area (Å²) < 4.78 is 3.67. The summed E-state index contributed by atoms with van der Waals surface area (Å²) in [4.78, 5) is 12.3. The van der Waals surface area contributed by atoms with Crippen molar-refractivity contribution in [2.45, 2.75) is 31.7 Å². The highest BCUT2D eigenvalue weighted by Gasteiger charge is 2.27. The maximum Gasteiger partial charge on any atom is 0.253 e. The van der Waals surface area contributed by atoms with Crippen molar-refractivity contribution in [2.24, 2.45) is 7.05 Å². The fraction of sp³-hybridized carbons (Fsp3) is 0.300. The smallest absolute Gasteiger partial charge is 0.253 e. The van der Waals surface area contributed by atoms with Gasteiger partial charge >= 0.3 is 0 Å². The Kier molecular flexibility index (Phi) is 3.60. The molecule has 4 nitrogen and oxygen atoms in total. The minimum atomic E-state index is 0.131. The highest BCUT2D eigenvalue weighted by atomic mass is 16.1. The number of rotatable bonds is 4. The molecular weight excluding hydrogens is 298 g/mol. The number of hydrogen-bond donors (Lipinski definition) is 0. The first-order valence-corrected chi connectivity index (χ1v) is 8.43. The van der Waals surface area contributed by atoms with Crippen LogP contribution < -0.4 is 5.56 Å². The van der Waals surface area contributed by atoms with Gasteiger partial charge in [0.15, 0.2) is 0 Å². The predicted octanol–water partition coefficient (Wildman–Crippen LogP) is 3.74. The minimum Gasteiger partial charge on any atom is -0.318 e. The van der Waals surface area contributed by atoms with Crippen LogP contribution in [0.15, 0.2) is 59.8 Å². The highest BCUT2D eigenvalue weighted by Crippen LogP contribution is 2.39. The van der Waals surface area contributed by atoms with Gasteiger partial charge in [0.25, 0.3) is 5.56 Å². The Morgan fingerprint density at radius 1 is 1.12 bits per heavy atom. The topological polar surface area (TPSA) is 39.8 Å². The lowest BCUT2D eigenvalue weighted by Gasteiger charge is -2.12. The van der Waals surface area contributed by atoms with Gasteiger partial charge in [0.2, 0.25) is 0 Å². The summed E-state index contributed by atoms with van der Waals surface area (Å²) in [6.07, 6.45) is 8.11. The van der Waals surface area contributed by atoms with E-state index in [1.165, 1.54) is 5.56 Å². The molecule has 1 aliphatic rings. The van der Waals surface area contributed by atoms with Gasteiger partial charge in [-0.25, -0.2) is 0 Å². The lowest BCUT2D eigenvalue weighted by atomic mass is 10.1. The zero-order chi connectivity index (χ0) is 16.7. The first-order valence-electron chi connectivity index (χ1n) is 8.43. The first kappa shape index (κ1) is 14.9. The Bertz CT molecular complexity index is 920. The number of aromatic nitrogens is 3. The molecule has 0 saturated heterocycles. The molecule has 4 heteroatoms. The molecule has 1 aromatic carbocycles. The molecule has 1 atom stereocenters. The molecule has 4 rings (SSSR count). The average Bonchev–Trinajstić information content (AvgIpc) is 3.33. The van der Waals surface area contributed by atoms with Crippen LogP contribution in [0.5, 0.6) is 0 Å². The maximum atomic E-state index is 12.3. The van der Waals surface area contributed by atoms with Crippen LogP contribution in [-0.2, 0) is 7.05 Å². The van der Waals surface area contributed by atoms with Crippen molar-refractivity contribution in [3.63, 3.8) is 0 Å². The molecule has 2 aromatic heterocycles. The Hall–Kier alpha value is -2.62. The third-order valence-electron chi connectivity index (χ3n) is 4.84. The zero-order valence-electron chi connectivity index (χ0n) is 14.0. The average molecular weight is 319 g/mol. The molecular formula is C20H21N3O. The number of hydrogen-bond acceptors (Lipinski definition) is 2. The highest BCUT2D eigenvalue weighted by molar-refractivity contribution is 5.62. The van der Waals surface area contributed by atoms with Crippen LogP contribution in [0.2, 0.25) is 0 Å². The van der Waals surface area contributed by atoms with E-state index in [0.717, 1.165) is 29.5 Å². The molecule has 0 bridgehead atoms. The summed E-state index contributed by atoms with van der Waals surface area (Å²) in [7, 11) is 1.83. The third-order valence-corrected chi connectivity index (χ3v) is 4.84. The summed E-state index contributed by atoms with van der Waals surface area (Å²) >= 11 is 0. The van der Waals surface area contributed by atoms with E-state index in [4.69, 9.17) is 0 Å². The minimum absolute atomic E-state index is 0.131. The molecule has 1 aliphatic carbocycles. The van der Waals surface area contributed by atoms with Gasteiger partial charge in [0.05, 0.1) is 12.2 Å². The fourth-order valence-corrected chi connectivity index (χ4v) is 3.17. The molecule has 0 radical (unpaired) electrons. The Morgan fingerprint density at radius 3 is 2.58 bits per heavy atom. The standard InChI is InChI=1S/C20H21N3O/c1-14(15-6-4-3-5-7-15)23-13-18(11-21-23)17-10-19(16-8-9-16)20(24)22(2)12-17/h3-7,10-14,16H,8-9H2,1-2H3. The third kappa shape index (κ3) is 2.68. The number of aryl methyl sites for hydroxylation is 1. The van der Waals surface area contributed by atoms with E-state index in [0.29, 0.717) is 5.92 Å². The van der Waals surface area contributed by atoms with Gasteiger partial charge in [-0.05, 0) is 37.3 Å². The summed E-state index contributed by atoms with van der Waals surface area (Å²) in [6, 6.07) is 12.6. The lowest BCUT2D eigenvalue weighted by molar-refractivity contribution is 0.565. The summed E-state index contributed by atoms with van der Waals surface area (Å²) in [5, 5.41) is 4.54. The van der Waals surface area contributed by atoms with E-state index in [9.17, 15) is 4.79 Å². The van der Waals surface area contributed by atoms with Gasteiger partial charge in [0.1, 0.15) is 0 Å². The van der Waals surface area contributed by atoms with Gasteiger partial charge in [0, 0.05) is 36.1 Å². The van der Waals surface area contributed by atoms with E-state index < -0.39 is 0 Å². The van der Waals surface area contributed by atoms with E-state index in [1.807, 2.05) is 42.3 Å². The summed E-state index contributed by atoms with van der Waals surface area (Å²) in [6.45, 7) is 2.14. The van der Waals surface area contributed by atoms with Gasteiger partial charge < -0.3 is 4.57 Å². The van der Waals surface area contributed by atoms with Crippen molar-refractivity contribution in [1.82, 2.24) is 14.3 Å². The van der Waals surface area contributed by atoms with Crippen molar-refractivity contribution >= 4 is 0 Å². The van der Waals surface area contributed by atoms with Gasteiger partial charge in [-0.1, -0.05) is 30.3 Å². The molecule has 1 unspecified atom stereocenters. The SMILES string of the molecule is CC(c1ccccc1)n1cc(-c2cc(C3CC3)c(=O)n(C)c2)cn1. The monoisotopic (exact) mass is 319 g/mol. The van der Waals surface area contributed by atoms with Crippen molar-refractivity contribution < 1.29 is 0 Å². The van der Waals surface area contributed by atoms with Crippen LogP contribution in [0.4, 0.5) is 0 Å². The second-order valence-electron chi connectivity index (χ2n) is 6.67. The van der Waals surface area contributed by atoms with E-state index >= 15 is 0 Å². The molecule has 0 aliphatic heterocycles. The molecule has 122 valence electrons. The van der Waals surface area contributed by atoms with E-state index in [1.54, 1.807) is 4.57 Å². The molecule has 1 saturated carbocycles. The second kappa shape index (κ2) is 5.78. The van der Waals surface area contributed by atoms with Gasteiger partial charge in [-0.15, -0.1) is 0 Å². The van der Waals surface area contributed by atoms with E-state index in [2.05, 4.69) is 36.4 Å². The molecule has 24 heavy (non-hydrogen) atoms. The van der Waals surface area contributed by atoms with Gasteiger partial charge in [-0.2, -0.15) is 5.10 Å². The normalized spacial score (nSPS) is 15.4. The molecule has 0 N–H and O–H groups in total. The Balaban J connectivity index is 1.69. The summed E-state index contributed by atoms with van der Waals surface area (Å²) in [5.74, 6) is 0.446. The lowest BCUT2D eigenvalue weighted by Crippen LogP contribution is -2.20. The Labute approximate surface area is 141 Å². The van der Waals surface area contributed by atoms with Crippen LogP contribution in [0, 0.1) is 0 Å². The molecule has 3 aromatic rings. The van der Waals surface area contributed by atoms with Crippen molar-refractivity contribution in [1.29, 1.82) is 0 Å². The Morgan fingerprint density at radius 2 is 1.88 bits per heavy atom. The van der Waals surface area contributed by atoms with Crippen molar-refractivity contribution in [3.8, 4) is 11.1 Å². The number of nitrogens with zero attached hydrogens (tertiary/aromatic N) is 3. The van der Waals surface area contributed by atoms with Crippen LogP contribution in [0.3, 0.4) is 0 Å². The maximum absolute atomic E-state index is 12.3. The van der Waals surface area contributed by atoms with Gasteiger partial charge in [-0.3, -0.25) is 9.48 Å². The second-order valence-corrected chi connectivity index (χ2v) is 6.67. The number of benzene rings is 1. The van der Waals surface area contributed by atoms with Crippen LogP contribution in [0.1, 0.15) is 42.9 Å². The van der Waals surface area contributed by atoms with Crippen LogP contribution >= 0.6 is 0 Å². The number of pyridine rings is 1. The molecule has 0 spiro atoms.